The molecule has 1 atom stereocenters. The highest BCUT2D eigenvalue weighted by atomic mass is 79.9. The van der Waals surface area contributed by atoms with Crippen molar-refractivity contribution in [3.05, 3.63) is 52.0 Å². The first kappa shape index (κ1) is 12.0. The van der Waals surface area contributed by atoms with Crippen LogP contribution in [0.4, 0.5) is 0 Å². The zero-order valence-corrected chi connectivity index (χ0v) is 12.2. The van der Waals surface area contributed by atoms with Gasteiger partial charge in [-0.15, -0.1) is 0 Å². The summed E-state index contributed by atoms with van der Waals surface area (Å²) in [6, 6.07) is 9.09. The molecule has 0 N–H and O–H groups in total. The molecule has 0 fully saturated rings. The number of hydrogen-bond donors (Lipinski definition) is 0. The maximum Gasteiger partial charge on any atom is 0.113 e. The number of benzene rings is 1. The van der Waals surface area contributed by atoms with Gasteiger partial charge in [0.15, 0.2) is 0 Å². The molecule has 0 saturated heterocycles. The van der Waals surface area contributed by atoms with Crippen molar-refractivity contribution in [2.75, 3.05) is 0 Å². The van der Waals surface area contributed by atoms with Crippen molar-refractivity contribution in [2.24, 2.45) is 0 Å². The van der Waals surface area contributed by atoms with Gasteiger partial charge in [-0.05, 0) is 43.9 Å². The van der Waals surface area contributed by atoms with Gasteiger partial charge in [-0.2, -0.15) is 0 Å². The molecular formula is C15H17BrN2. The normalized spacial score (nSPS) is 18.7. The van der Waals surface area contributed by atoms with Crippen LogP contribution in [-0.2, 0) is 12.8 Å². The average Bonchev–Trinajstić information content (AvgIpc) is 2.74. The Kier molecular flexibility index (Phi) is 3.25. The van der Waals surface area contributed by atoms with E-state index in [-0.39, 0.29) is 0 Å². The molecule has 1 aromatic carbocycles. The first-order chi connectivity index (χ1) is 8.74. The molecule has 0 radical (unpaired) electrons. The molecule has 0 amide bonds. The smallest absolute Gasteiger partial charge is 0.113 e. The van der Waals surface area contributed by atoms with Crippen LogP contribution in [0.15, 0.2) is 34.9 Å². The third kappa shape index (κ3) is 2.24. The monoisotopic (exact) mass is 304 g/mol. The maximum absolute atomic E-state index is 4.62. The number of imidazole rings is 1. The zero-order valence-electron chi connectivity index (χ0n) is 10.6. The predicted molar refractivity (Wildman–Crippen MR) is 76.8 cm³/mol. The molecule has 0 spiro atoms. The van der Waals surface area contributed by atoms with E-state index in [4.69, 9.17) is 0 Å². The summed E-state index contributed by atoms with van der Waals surface area (Å²) >= 11 is 3.53. The van der Waals surface area contributed by atoms with E-state index in [1.54, 1.807) is 0 Å². The largest absolute Gasteiger partial charge is 0.329 e. The number of fused-ring (bicyclic) bond motifs is 1. The van der Waals surface area contributed by atoms with Crippen LogP contribution in [0.1, 0.15) is 42.9 Å². The fourth-order valence-corrected chi connectivity index (χ4v) is 3.28. The van der Waals surface area contributed by atoms with E-state index in [0.29, 0.717) is 6.04 Å². The van der Waals surface area contributed by atoms with Crippen molar-refractivity contribution >= 4 is 15.9 Å². The fraction of sp³-hybridized carbons (Fsp3) is 0.400. The summed E-state index contributed by atoms with van der Waals surface area (Å²) in [5.74, 6) is 1.20. The minimum Gasteiger partial charge on any atom is -0.329 e. The second-order valence-corrected chi connectivity index (χ2v) is 6.00. The summed E-state index contributed by atoms with van der Waals surface area (Å²) in [6.07, 6.45) is 6.72. The van der Waals surface area contributed by atoms with Gasteiger partial charge in [0.2, 0.25) is 0 Å². The lowest BCUT2D eigenvalue weighted by atomic mass is 10.0. The van der Waals surface area contributed by atoms with Crippen molar-refractivity contribution in [3.8, 4) is 0 Å². The average molecular weight is 305 g/mol. The maximum atomic E-state index is 4.62. The molecule has 2 nitrogen and oxygen atoms in total. The number of rotatable bonds is 2. The molecule has 0 aliphatic carbocycles. The van der Waals surface area contributed by atoms with Crippen molar-refractivity contribution in [1.29, 1.82) is 0 Å². The van der Waals surface area contributed by atoms with Crippen molar-refractivity contribution < 1.29 is 0 Å². The molecule has 1 aromatic heterocycles. The van der Waals surface area contributed by atoms with Gasteiger partial charge in [-0.3, -0.25) is 0 Å². The fourth-order valence-electron chi connectivity index (χ4n) is 2.83. The molecule has 2 aromatic rings. The van der Waals surface area contributed by atoms with Crippen LogP contribution in [0.3, 0.4) is 0 Å². The quantitative estimate of drug-likeness (QED) is 0.815. The van der Waals surface area contributed by atoms with Gasteiger partial charge in [-0.25, -0.2) is 4.98 Å². The highest BCUT2D eigenvalue weighted by Crippen LogP contribution is 2.27. The topological polar surface area (TPSA) is 17.8 Å². The lowest BCUT2D eigenvalue weighted by molar-refractivity contribution is 0.421. The third-order valence-corrected chi connectivity index (χ3v) is 4.19. The minimum atomic E-state index is 0.596. The molecule has 1 aliphatic rings. The van der Waals surface area contributed by atoms with E-state index in [9.17, 15) is 0 Å². The van der Waals surface area contributed by atoms with E-state index < -0.39 is 0 Å². The third-order valence-electron chi connectivity index (χ3n) is 3.70. The lowest BCUT2D eigenvalue weighted by Gasteiger charge is -2.24. The summed E-state index contributed by atoms with van der Waals surface area (Å²) in [5, 5.41) is 0. The molecule has 2 heterocycles. The predicted octanol–water partition coefficient (Wildman–Crippen LogP) is 4.13. The first-order valence-corrected chi connectivity index (χ1v) is 7.33. The number of aromatic nitrogens is 2. The molecule has 3 rings (SSSR count). The van der Waals surface area contributed by atoms with Gasteiger partial charge in [0.1, 0.15) is 5.82 Å². The molecule has 94 valence electrons. The first-order valence-electron chi connectivity index (χ1n) is 6.53. The van der Waals surface area contributed by atoms with E-state index >= 15 is 0 Å². The van der Waals surface area contributed by atoms with Crippen LogP contribution in [0.2, 0.25) is 0 Å². The van der Waals surface area contributed by atoms with Crippen LogP contribution >= 0.6 is 15.9 Å². The van der Waals surface area contributed by atoms with Crippen LogP contribution in [-0.4, -0.2) is 9.55 Å². The van der Waals surface area contributed by atoms with Gasteiger partial charge in [-0.1, -0.05) is 28.1 Å². The van der Waals surface area contributed by atoms with Crippen molar-refractivity contribution in [2.45, 2.75) is 38.6 Å². The molecule has 0 bridgehead atoms. The van der Waals surface area contributed by atoms with E-state index in [1.165, 1.54) is 36.3 Å². The van der Waals surface area contributed by atoms with Gasteiger partial charge in [0.05, 0.1) is 0 Å². The molecular weight excluding hydrogens is 288 g/mol. The standard InChI is InChI=1S/C15H17BrN2/c1-11-4-2-7-14-10-17-15(18(11)14)9-12-5-3-6-13(16)8-12/h3,5-6,8,10-11H,2,4,7,9H2,1H3. The summed E-state index contributed by atoms with van der Waals surface area (Å²) in [7, 11) is 0. The molecule has 18 heavy (non-hydrogen) atoms. The van der Waals surface area contributed by atoms with Crippen LogP contribution in [0, 0.1) is 0 Å². The molecule has 1 aliphatic heterocycles. The van der Waals surface area contributed by atoms with E-state index in [0.717, 1.165) is 10.9 Å². The lowest BCUT2D eigenvalue weighted by Crippen LogP contribution is -2.17. The Balaban J connectivity index is 1.92. The number of aryl methyl sites for hydroxylation is 1. The Labute approximate surface area is 116 Å². The van der Waals surface area contributed by atoms with Crippen molar-refractivity contribution in [1.82, 2.24) is 9.55 Å². The van der Waals surface area contributed by atoms with E-state index in [2.05, 4.69) is 62.9 Å². The molecule has 0 saturated carbocycles. The van der Waals surface area contributed by atoms with Crippen LogP contribution in [0.25, 0.3) is 0 Å². The van der Waals surface area contributed by atoms with Crippen LogP contribution in [0.5, 0.6) is 0 Å². The second kappa shape index (κ2) is 4.88. The summed E-state index contributed by atoms with van der Waals surface area (Å²) in [5.41, 5.74) is 2.72. The summed E-state index contributed by atoms with van der Waals surface area (Å²) in [4.78, 5) is 4.62. The molecule has 1 unspecified atom stereocenters. The number of nitrogens with zero attached hydrogens (tertiary/aromatic N) is 2. The summed E-state index contributed by atoms with van der Waals surface area (Å²) < 4.78 is 3.57. The second-order valence-electron chi connectivity index (χ2n) is 5.08. The Morgan fingerprint density at radius 3 is 3.17 bits per heavy atom. The molecule has 3 heteroatoms. The Morgan fingerprint density at radius 1 is 1.44 bits per heavy atom. The summed E-state index contributed by atoms with van der Waals surface area (Å²) in [6.45, 7) is 2.30. The number of hydrogen-bond acceptors (Lipinski definition) is 1. The SMILES string of the molecule is CC1CCCc2cnc(Cc3cccc(Br)c3)n21. The number of halogens is 1. The van der Waals surface area contributed by atoms with Crippen LogP contribution < -0.4 is 0 Å². The van der Waals surface area contributed by atoms with Gasteiger partial charge in [0.25, 0.3) is 0 Å². The minimum absolute atomic E-state index is 0.596. The highest BCUT2D eigenvalue weighted by molar-refractivity contribution is 9.10. The van der Waals surface area contributed by atoms with Gasteiger partial charge in [0, 0.05) is 28.8 Å². The Hall–Kier alpha value is -1.09. The van der Waals surface area contributed by atoms with Gasteiger partial charge < -0.3 is 4.57 Å². The van der Waals surface area contributed by atoms with Gasteiger partial charge >= 0.3 is 0 Å². The Bertz CT molecular complexity index is 559. The van der Waals surface area contributed by atoms with Crippen molar-refractivity contribution in [3.63, 3.8) is 0 Å². The zero-order chi connectivity index (χ0) is 12.5. The highest BCUT2D eigenvalue weighted by Gasteiger charge is 2.19. The van der Waals surface area contributed by atoms with E-state index in [1.807, 2.05) is 0 Å². The Morgan fingerprint density at radius 2 is 2.33 bits per heavy atom.